The van der Waals surface area contributed by atoms with Crippen LogP contribution in [0.25, 0.3) is 0 Å². The van der Waals surface area contributed by atoms with Crippen LogP contribution in [0.5, 0.6) is 0 Å². The summed E-state index contributed by atoms with van der Waals surface area (Å²) < 4.78 is 13.8. The number of benzene rings is 1. The zero-order valence-electron chi connectivity index (χ0n) is 18.5. The third kappa shape index (κ3) is 4.01. The van der Waals surface area contributed by atoms with Crippen LogP contribution >= 0.6 is 11.8 Å². The van der Waals surface area contributed by atoms with E-state index in [0.717, 1.165) is 41.9 Å². The van der Waals surface area contributed by atoms with E-state index in [-0.39, 0.29) is 35.0 Å². The third-order valence-corrected chi connectivity index (χ3v) is 9.21. The molecule has 4 fully saturated rings. The number of carbonyl (C=O) groups is 2. The lowest BCUT2D eigenvalue weighted by atomic mass is 9.49. The predicted octanol–water partition coefficient (Wildman–Crippen LogP) is 4.84. The SMILES string of the molecule is CC(C)C(NC(=O)C12CC3CC(CC(C3)C1)C2)C(=O)NC1CCSc2ccc(F)cc21. The summed E-state index contributed by atoms with van der Waals surface area (Å²) >= 11 is 1.70. The minimum absolute atomic E-state index is 0.0113. The van der Waals surface area contributed by atoms with E-state index in [1.807, 2.05) is 13.8 Å². The molecule has 0 spiro atoms. The molecular formula is C25H33FN2O2S. The zero-order chi connectivity index (χ0) is 21.8. The standard InChI is InChI=1S/C25H33FN2O2S/c1-14(2)22(23(29)27-20-5-6-31-21-4-3-18(26)10-19(20)21)28-24(30)25-11-15-7-16(12-25)9-17(8-15)13-25/h3-4,10,14-17,20,22H,5-9,11-13H2,1-2H3,(H,27,29)(H,28,30). The second kappa shape index (κ2) is 8.09. The van der Waals surface area contributed by atoms with E-state index in [0.29, 0.717) is 17.8 Å². The number of rotatable bonds is 5. The monoisotopic (exact) mass is 444 g/mol. The van der Waals surface area contributed by atoms with Crippen LogP contribution in [0.3, 0.4) is 0 Å². The van der Waals surface area contributed by atoms with Crippen molar-refractivity contribution in [3.8, 4) is 0 Å². The number of halogens is 1. The average molecular weight is 445 g/mol. The fraction of sp³-hybridized carbons (Fsp3) is 0.680. The molecule has 1 aromatic rings. The van der Waals surface area contributed by atoms with Gasteiger partial charge in [-0.15, -0.1) is 11.8 Å². The minimum Gasteiger partial charge on any atom is -0.347 e. The molecule has 6 heteroatoms. The van der Waals surface area contributed by atoms with Gasteiger partial charge in [-0.3, -0.25) is 9.59 Å². The predicted molar refractivity (Wildman–Crippen MR) is 120 cm³/mol. The van der Waals surface area contributed by atoms with Gasteiger partial charge in [-0.1, -0.05) is 13.8 Å². The van der Waals surface area contributed by atoms with Crippen LogP contribution in [-0.2, 0) is 9.59 Å². The average Bonchev–Trinajstić information content (AvgIpc) is 2.71. The maximum atomic E-state index is 13.8. The summed E-state index contributed by atoms with van der Waals surface area (Å²) in [6.45, 7) is 3.96. The van der Waals surface area contributed by atoms with Crippen molar-refractivity contribution in [2.75, 3.05) is 5.75 Å². The Morgan fingerprint density at radius 1 is 1.10 bits per heavy atom. The normalized spacial score (nSPS) is 34.3. The molecule has 4 saturated carbocycles. The van der Waals surface area contributed by atoms with E-state index in [1.165, 1.54) is 31.4 Å². The van der Waals surface area contributed by atoms with Crippen molar-refractivity contribution in [3.63, 3.8) is 0 Å². The first kappa shape index (κ1) is 21.3. The molecule has 2 atom stereocenters. The highest BCUT2D eigenvalue weighted by atomic mass is 32.2. The van der Waals surface area contributed by atoms with E-state index in [4.69, 9.17) is 0 Å². The summed E-state index contributed by atoms with van der Waals surface area (Å²) in [4.78, 5) is 27.8. The molecule has 4 bridgehead atoms. The number of amides is 2. The molecule has 0 aromatic heterocycles. The van der Waals surface area contributed by atoms with E-state index < -0.39 is 6.04 Å². The van der Waals surface area contributed by atoms with Crippen LogP contribution in [0.4, 0.5) is 4.39 Å². The van der Waals surface area contributed by atoms with Crippen LogP contribution in [0, 0.1) is 34.9 Å². The van der Waals surface area contributed by atoms with Crippen LogP contribution < -0.4 is 10.6 Å². The lowest BCUT2D eigenvalue weighted by Gasteiger charge is -2.55. The first-order valence-electron chi connectivity index (χ1n) is 11.9. The van der Waals surface area contributed by atoms with Gasteiger partial charge in [0.25, 0.3) is 0 Å². The van der Waals surface area contributed by atoms with Crippen LogP contribution in [-0.4, -0.2) is 23.6 Å². The Morgan fingerprint density at radius 3 is 2.35 bits per heavy atom. The summed E-state index contributed by atoms with van der Waals surface area (Å²) in [6, 6.07) is 4.02. The fourth-order valence-corrected chi connectivity index (χ4v) is 8.10. The first-order valence-corrected chi connectivity index (χ1v) is 12.8. The molecule has 168 valence electrons. The Hall–Kier alpha value is -1.56. The summed E-state index contributed by atoms with van der Waals surface area (Å²) in [7, 11) is 0. The number of carbonyl (C=O) groups excluding carboxylic acids is 2. The van der Waals surface area contributed by atoms with E-state index in [1.54, 1.807) is 17.8 Å². The molecule has 5 aliphatic rings. The lowest BCUT2D eigenvalue weighted by molar-refractivity contribution is -0.149. The molecule has 6 rings (SSSR count). The topological polar surface area (TPSA) is 58.2 Å². The molecule has 31 heavy (non-hydrogen) atoms. The summed E-state index contributed by atoms with van der Waals surface area (Å²) in [5, 5.41) is 6.30. The number of fused-ring (bicyclic) bond motifs is 1. The Bertz CT molecular complexity index is 851. The van der Waals surface area contributed by atoms with Gasteiger partial charge in [0.1, 0.15) is 11.9 Å². The van der Waals surface area contributed by atoms with Crippen molar-refractivity contribution in [2.24, 2.45) is 29.1 Å². The Kier molecular flexibility index (Phi) is 5.56. The molecule has 1 aliphatic heterocycles. The maximum absolute atomic E-state index is 13.8. The second-order valence-corrected chi connectivity index (χ2v) is 11.9. The highest BCUT2D eigenvalue weighted by Crippen LogP contribution is 2.60. The minimum atomic E-state index is -0.563. The molecule has 0 saturated heterocycles. The van der Waals surface area contributed by atoms with E-state index in [9.17, 15) is 14.0 Å². The van der Waals surface area contributed by atoms with Crippen molar-refractivity contribution in [3.05, 3.63) is 29.6 Å². The Balaban J connectivity index is 1.30. The molecule has 1 heterocycles. The van der Waals surface area contributed by atoms with Crippen molar-refractivity contribution in [2.45, 2.75) is 75.8 Å². The summed E-state index contributed by atoms with van der Waals surface area (Å²) in [5.74, 6) is 2.60. The van der Waals surface area contributed by atoms with Crippen molar-refractivity contribution < 1.29 is 14.0 Å². The smallest absolute Gasteiger partial charge is 0.243 e. The lowest BCUT2D eigenvalue weighted by Crippen LogP contribution is -2.58. The first-order chi connectivity index (χ1) is 14.8. The fourth-order valence-electron chi connectivity index (χ4n) is 6.99. The van der Waals surface area contributed by atoms with E-state index >= 15 is 0 Å². The number of nitrogens with one attached hydrogen (secondary N) is 2. The summed E-state index contributed by atoms with van der Waals surface area (Å²) in [5.41, 5.74) is 0.582. The molecule has 4 aliphatic carbocycles. The van der Waals surface area contributed by atoms with E-state index in [2.05, 4.69) is 10.6 Å². The van der Waals surface area contributed by atoms with Crippen molar-refractivity contribution >= 4 is 23.6 Å². The Morgan fingerprint density at radius 2 is 1.74 bits per heavy atom. The van der Waals surface area contributed by atoms with Crippen LogP contribution in [0.15, 0.2) is 23.1 Å². The number of thioether (sulfide) groups is 1. The van der Waals surface area contributed by atoms with Gasteiger partial charge in [0.05, 0.1) is 6.04 Å². The Labute approximate surface area is 188 Å². The van der Waals surface area contributed by atoms with Gasteiger partial charge in [0.2, 0.25) is 11.8 Å². The maximum Gasteiger partial charge on any atom is 0.243 e. The van der Waals surface area contributed by atoms with Gasteiger partial charge in [0.15, 0.2) is 0 Å². The van der Waals surface area contributed by atoms with Gasteiger partial charge in [0, 0.05) is 16.1 Å². The van der Waals surface area contributed by atoms with Crippen LogP contribution in [0.2, 0.25) is 0 Å². The van der Waals surface area contributed by atoms with Crippen LogP contribution in [0.1, 0.15) is 70.4 Å². The number of hydrogen-bond donors (Lipinski definition) is 2. The molecule has 1 aromatic carbocycles. The zero-order valence-corrected chi connectivity index (χ0v) is 19.3. The van der Waals surface area contributed by atoms with Gasteiger partial charge in [-0.2, -0.15) is 0 Å². The van der Waals surface area contributed by atoms with Crippen molar-refractivity contribution in [1.82, 2.24) is 10.6 Å². The molecule has 0 radical (unpaired) electrons. The van der Waals surface area contributed by atoms with Gasteiger partial charge in [-0.25, -0.2) is 4.39 Å². The van der Waals surface area contributed by atoms with Crippen molar-refractivity contribution in [1.29, 1.82) is 0 Å². The van der Waals surface area contributed by atoms with Gasteiger partial charge < -0.3 is 10.6 Å². The highest BCUT2D eigenvalue weighted by Gasteiger charge is 2.55. The molecule has 2 amide bonds. The highest BCUT2D eigenvalue weighted by molar-refractivity contribution is 7.99. The molecular weight excluding hydrogens is 411 g/mol. The largest absolute Gasteiger partial charge is 0.347 e. The quantitative estimate of drug-likeness (QED) is 0.684. The number of hydrogen-bond acceptors (Lipinski definition) is 3. The molecule has 2 unspecified atom stereocenters. The third-order valence-electron chi connectivity index (χ3n) is 8.08. The molecule has 4 nitrogen and oxygen atoms in total. The molecule has 2 N–H and O–H groups in total. The second-order valence-electron chi connectivity index (χ2n) is 10.8. The van der Waals surface area contributed by atoms with Gasteiger partial charge >= 0.3 is 0 Å². The summed E-state index contributed by atoms with van der Waals surface area (Å²) in [6.07, 6.45) is 7.60. The van der Waals surface area contributed by atoms with Gasteiger partial charge in [-0.05, 0) is 92.4 Å².